The van der Waals surface area contributed by atoms with E-state index in [1.165, 1.54) is 10.8 Å². The average molecular weight is 160 g/mol. The van der Waals surface area contributed by atoms with Gasteiger partial charge in [-0.15, -0.1) is 0 Å². The Morgan fingerprint density at radius 2 is 2.17 bits per heavy atom. The fourth-order valence-electron chi connectivity index (χ4n) is 1.61. The zero-order valence-electron chi connectivity index (χ0n) is 7.26. The van der Waals surface area contributed by atoms with Gasteiger partial charge < -0.3 is 4.42 Å². The zero-order valence-corrected chi connectivity index (χ0v) is 7.26. The van der Waals surface area contributed by atoms with E-state index in [4.69, 9.17) is 4.42 Å². The quantitative estimate of drug-likeness (QED) is 0.608. The highest BCUT2D eigenvalue weighted by molar-refractivity contribution is 5.49. The SMILES string of the molecule is C=Cc1oc2c(c1C)=CCCC=2. The molecule has 0 bridgehead atoms. The molecule has 0 unspecified atom stereocenters. The van der Waals surface area contributed by atoms with Crippen molar-refractivity contribution < 1.29 is 4.42 Å². The molecule has 1 heterocycles. The molecule has 0 radical (unpaired) electrons. The van der Waals surface area contributed by atoms with E-state index in [2.05, 4.69) is 25.7 Å². The van der Waals surface area contributed by atoms with Crippen LogP contribution in [0.3, 0.4) is 0 Å². The second kappa shape index (κ2) is 2.67. The van der Waals surface area contributed by atoms with Crippen molar-refractivity contribution in [3.63, 3.8) is 0 Å². The van der Waals surface area contributed by atoms with Gasteiger partial charge in [0.15, 0.2) is 0 Å². The zero-order chi connectivity index (χ0) is 8.55. The molecule has 12 heavy (non-hydrogen) atoms. The van der Waals surface area contributed by atoms with E-state index in [0.29, 0.717) is 0 Å². The number of hydrogen-bond donors (Lipinski definition) is 0. The van der Waals surface area contributed by atoms with Gasteiger partial charge in [-0.3, -0.25) is 0 Å². The molecule has 0 N–H and O–H groups in total. The van der Waals surface area contributed by atoms with Crippen molar-refractivity contribution >= 4 is 18.2 Å². The molecular formula is C11H12O. The van der Waals surface area contributed by atoms with Gasteiger partial charge in [0.2, 0.25) is 0 Å². The molecule has 0 saturated heterocycles. The summed E-state index contributed by atoms with van der Waals surface area (Å²) in [6.45, 7) is 5.79. The molecule has 1 aromatic rings. The topological polar surface area (TPSA) is 13.1 Å². The molecule has 1 heteroatoms. The molecule has 2 rings (SSSR count). The van der Waals surface area contributed by atoms with E-state index >= 15 is 0 Å². The van der Waals surface area contributed by atoms with Gasteiger partial charge in [0.25, 0.3) is 0 Å². The maximum absolute atomic E-state index is 5.58. The van der Waals surface area contributed by atoms with E-state index in [1.807, 2.05) is 0 Å². The summed E-state index contributed by atoms with van der Waals surface area (Å²) in [6.07, 6.45) is 8.38. The van der Waals surface area contributed by atoms with Gasteiger partial charge in [0, 0.05) is 10.8 Å². The fourth-order valence-corrected chi connectivity index (χ4v) is 1.61. The Kier molecular flexibility index (Phi) is 1.65. The molecule has 0 saturated carbocycles. The fraction of sp³-hybridized carbons (Fsp3) is 0.273. The standard InChI is InChI=1S/C11H12O/c1-3-10-8(2)9-6-4-5-7-11(9)12-10/h3,6-7H,1,4-5H2,2H3. The van der Waals surface area contributed by atoms with Crippen molar-refractivity contribution in [2.75, 3.05) is 0 Å². The average Bonchev–Trinajstić information content (AvgIpc) is 2.44. The highest BCUT2D eigenvalue weighted by Gasteiger charge is 2.05. The lowest BCUT2D eigenvalue weighted by atomic mass is 10.1. The van der Waals surface area contributed by atoms with Crippen molar-refractivity contribution in [1.29, 1.82) is 0 Å². The van der Waals surface area contributed by atoms with Crippen LogP contribution < -0.4 is 10.6 Å². The van der Waals surface area contributed by atoms with Gasteiger partial charge in [-0.25, -0.2) is 0 Å². The maximum Gasteiger partial charge on any atom is 0.130 e. The number of fused-ring (bicyclic) bond motifs is 1. The summed E-state index contributed by atoms with van der Waals surface area (Å²) in [5, 5.41) is 1.26. The first kappa shape index (κ1) is 7.41. The van der Waals surface area contributed by atoms with Crippen molar-refractivity contribution in [3.05, 3.63) is 28.5 Å². The van der Waals surface area contributed by atoms with Crippen molar-refractivity contribution in [3.8, 4) is 0 Å². The van der Waals surface area contributed by atoms with Gasteiger partial charge in [0.05, 0.1) is 0 Å². The van der Waals surface area contributed by atoms with Gasteiger partial charge in [0.1, 0.15) is 11.2 Å². The van der Waals surface area contributed by atoms with E-state index in [1.54, 1.807) is 6.08 Å². The first-order chi connectivity index (χ1) is 5.83. The van der Waals surface area contributed by atoms with Crippen LogP contribution in [0.4, 0.5) is 0 Å². The number of furan rings is 1. The lowest BCUT2D eigenvalue weighted by molar-refractivity contribution is 0.518. The van der Waals surface area contributed by atoms with Crippen molar-refractivity contribution in [2.45, 2.75) is 19.8 Å². The molecular weight excluding hydrogens is 148 g/mol. The number of rotatable bonds is 1. The largest absolute Gasteiger partial charge is 0.457 e. The molecule has 62 valence electrons. The lowest BCUT2D eigenvalue weighted by Crippen LogP contribution is -2.23. The third-order valence-electron chi connectivity index (χ3n) is 2.29. The summed E-state index contributed by atoms with van der Waals surface area (Å²) >= 11 is 0. The summed E-state index contributed by atoms with van der Waals surface area (Å²) in [7, 11) is 0. The van der Waals surface area contributed by atoms with E-state index in [0.717, 1.165) is 24.0 Å². The Bertz CT molecular complexity index is 421. The number of hydrogen-bond acceptors (Lipinski definition) is 1. The van der Waals surface area contributed by atoms with Gasteiger partial charge in [-0.1, -0.05) is 12.7 Å². The van der Waals surface area contributed by atoms with E-state index in [9.17, 15) is 0 Å². The van der Waals surface area contributed by atoms with Crippen molar-refractivity contribution in [1.82, 2.24) is 0 Å². The molecule has 1 aliphatic carbocycles. The van der Waals surface area contributed by atoms with Crippen LogP contribution in [-0.2, 0) is 0 Å². The summed E-state index contributed by atoms with van der Waals surface area (Å²) in [5.41, 5.74) is 2.24. The minimum Gasteiger partial charge on any atom is -0.457 e. The minimum atomic E-state index is 0.911. The van der Waals surface area contributed by atoms with Crippen LogP contribution in [0.5, 0.6) is 0 Å². The molecule has 1 aromatic heterocycles. The summed E-state index contributed by atoms with van der Waals surface area (Å²) in [6, 6.07) is 0. The predicted octanol–water partition coefficient (Wildman–Crippen LogP) is 1.59. The maximum atomic E-state index is 5.58. The van der Waals surface area contributed by atoms with Gasteiger partial charge >= 0.3 is 0 Å². The van der Waals surface area contributed by atoms with Crippen LogP contribution in [-0.4, -0.2) is 0 Å². The molecule has 1 nitrogen and oxygen atoms in total. The van der Waals surface area contributed by atoms with Gasteiger partial charge in [-0.05, 0) is 31.9 Å². The van der Waals surface area contributed by atoms with Crippen LogP contribution in [0.25, 0.3) is 18.2 Å². The summed E-state index contributed by atoms with van der Waals surface area (Å²) in [5.74, 6) is 0.911. The Hall–Kier alpha value is -1.24. The first-order valence-electron chi connectivity index (χ1n) is 4.25. The third kappa shape index (κ3) is 0.934. The molecule has 0 fully saturated rings. The van der Waals surface area contributed by atoms with Gasteiger partial charge in [-0.2, -0.15) is 0 Å². The minimum absolute atomic E-state index is 0.911. The Morgan fingerprint density at radius 3 is 2.83 bits per heavy atom. The van der Waals surface area contributed by atoms with Crippen molar-refractivity contribution in [2.24, 2.45) is 0 Å². The molecule has 0 atom stereocenters. The van der Waals surface area contributed by atoms with Crippen LogP contribution in [0.2, 0.25) is 0 Å². The first-order valence-corrected chi connectivity index (χ1v) is 4.25. The molecule has 0 spiro atoms. The van der Waals surface area contributed by atoms with E-state index in [-0.39, 0.29) is 0 Å². The summed E-state index contributed by atoms with van der Waals surface area (Å²) in [4.78, 5) is 0. The Labute approximate surface area is 71.7 Å². The smallest absolute Gasteiger partial charge is 0.130 e. The Balaban J connectivity index is 2.85. The third-order valence-corrected chi connectivity index (χ3v) is 2.29. The monoisotopic (exact) mass is 160 g/mol. The summed E-state index contributed by atoms with van der Waals surface area (Å²) < 4.78 is 5.58. The van der Waals surface area contributed by atoms with Crippen LogP contribution in [0, 0.1) is 6.92 Å². The highest BCUT2D eigenvalue weighted by atomic mass is 16.3. The second-order valence-electron chi connectivity index (χ2n) is 3.06. The van der Waals surface area contributed by atoms with Crippen LogP contribution in [0.15, 0.2) is 11.0 Å². The van der Waals surface area contributed by atoms with Crippen LogP contribution >= 0.6 is 0 Å². The lowest BCUT2D eigenvalue weighted by Gasteiger charge is -1.91. The van der Waals surface area contributed by atoms with E-state index < -0.39 is 0 Å². The predicted molar refractivity (Wildman–Crippen MR) is 51.0 cm³/mol. The second-order valence-corrected chi connectivity index (χ2v) is 3.06. The molecule has 1 aliphatic rings. The molecule has 0 aliphatic heterocycles. The van der Waals surface area contributed by atoms with Crippen LogP contribution in [0.1, 0.15) is 24.2 Å². The highest BCUT2D eigenvalue weighted by Crippen LogP contribution is 2.05. The molecule has 0 amide bonds. The normalized spacial score (nSPS) is 14.4. The molecule has 0 aromatic carbocycles. The Morgan fingerprint density at radius 1 is 1.42 bits per heavy atom.